The van der Waals surface area contributed by atoms with E-state index in [0.717, 1.165) is 11.4 Å². The van der Waals surface area contributed by atoms with Gasteiger partial charge in [0.25, 0.3) is 0 Å². The van der Waals surface area contributed by atoms with Crippen molar-refractivity contribution in [1.29, 1.82) is 0 Å². The number of anilines is 1. The van der Waals surface area contributed by atoms with Gasteiger partial charge >= 0.3 is 0 Å². The molecule has 0 saturated heterocycles. The first kappa shape index (κ1) is 16.7. The van der Waals surface area contributed by atoms with Gasteiger partial charge in [0.15, 0.2) is 0 Å². The van der Waals surface area contributed by atoms with Crippen molar-refractivity contribution in [1.82, 2.24) is 0 Å². The fraction of sp³-hybridized carbons (Fsp3) is 0.267. The predicted octanol–water partition coefficient (Wildman–Crippen LogP) is 4.10. The molecule has 1 radical (unpaired) electrons. The molecule has 2 aromatic carbocycles. The molecule has 0 saturated carbocycles. The summed E-state index contributed by atoms with van der Waals surface area (Å²) < 4.78 is 0. The van der Waals surface area contributed by atoms with Gasteiger partial charge in [-0.2, -0.15) is 17.7 Å². The van der Waals surface area contributed by atoms with Crippen molar-refractivity contribution in [2.24, 2.45) is 0 Å². The molecule has 2 aromatic rings. The molecule has 0 N–H and O–H groups in total. The van der Waals surface area contributed by atoms with Gasteiger partial charge in [-0.25, -0.2) is 12.1 Å². The Morgan fingerprint density at radius 1 is 1.00 bits per heavy atom. The van der Waals surface area contributed by atoms with Crippen LogP contribution >= 0.6 is 0 Å². The Morgan fingerprint density at radius 3 is 1.89 bits per heavy atom. The molecule has 0 aliphatic carbocycles. The smallest absolute Gasteiger partial charge is 0.0209 e. The second-order valence-electron chi connectivity index (χ2n) is 4.07. The van der Waals surface area contributed by atoms with Crippen molar-refractivity contribution in [3.05, 3.63) is 59.4 Å². The van der Waals surface area contributed by atoms with Crippen LogP contribution in [0.1, 0.15) is 5.56 Å². The molecule has 101 valence electrons. The third-order valence-corrected chi connectivity index (χ3v) is 2.43. The Kier molecular flexibility index (Phi) is 8.08. The van der Waals surface area contributed by atoms with E-state index >= 15 is 0 Å². The Morgan fingerprint density at radius 2 is 1.56 bits per heavy atom. The molecule has 0 aliphatic heterocycles. The summed E-state index contributed by atoms with van der Waals surface area (Å²) in [5.41, 5.74) is 3.54. The number of hydrogen-bond donors (Lipinski definition) is 0. The van der Waals surface area contributed by atoms with Crippen LogP contribution in [0.2, 0.25) is 0 Å². The van der Waals surface area contributed by atoms with E-state index in [9.17, 15) is 0 Å². The van der Waals surface area contributed by atoms with Gasteiger partial charge in [-0.05, 0) is 6.07 Å². The molecule has 2 nitrogen and oxygen atoms in total. The van der Waals surface area contributed by atoms with Gasteiger partial charge in [0.1, 0.15) is 0 Å². The van der Waals surface area contributed by atoms with E-state index in [4.69, 9.17) is 0 Å². The van der Waals surface area contributed by atoms with Gasteiger partial charge < -0.3 is 10.2 Å². The number of benzene rings is 1. The van der Waals surface area contributed by atoms with Gasteiger partial charge in [0.2, 0.25) is 0 Å². The molecular weight excluding hydrogens is 267 g/mol. The Labute approximate surface area is 121 Å². The molecule has 18 heavy (non-hydrogen) atoms. The van der Waals surface area contributed by atoms with Crippen LogP contribution in [0, 0.1) is 6.92 Å². The van der Waals surface area contributed by atoms with Crippen LogP contribution in [0.4, 0.5) is 11.4 Å². The molecular formula is C15H20CoN2-2. The Hall–Kier alpha value is -1.32. The number of hydrogen-bond acceptors (Lipinski definition) is 1. The second-order valence-corrected chi connectivity index (χ2v) is 4.07. The average Bonchev–Trinajstić information content (AvgIpc) is 2.81. The fourth-order valence-corrected chi connectivity index (χ4v) is 1.50. The number of nitrogens with zero attached hydrogens (tertiary/aromatic N) is 2. The van der Waals surface area contributed by atoms with E-state index in [2.05, 4.69) is 35.3 Å². The van der Waals surface area contributed by atoms with Crippen molar-refractivity contribution in [3.63, 3.8) is 0 Å². The maximum Gasteiger partial charge on any atom is 0.0209 e. The molecule has 0 fully saturated rings. The zero-order chi connectivity index (χ0) is 12.7. The van der Waals surface area contributed by atoms with Crippen LogP contribution in [0.25, 0.3) is 5.32 Å². The van der Waals surface area contributed by atoms with Crippen LogP contribution < -0.4 is 4.90 Å². The number of aryl methyl sites for hydroxylation is 1. The summed E-state index contributed by atoms with van der Waals surface area (Å²) >= 11 is 0. The fourth-order valence-electron chi connectivity index (χ4n) is 1.50. The van der Waals surface area contributed by atoms with Crippen LogP contribution in [-0.4, -0.2) is 21.1 Å². The van der Waals surface area contributed by atoms with Crippen LogP contribution in [0.3, 0.4) is 0 Å². The van der Waals surface area contributed by atoms with E-state index in [1.54, 1.807) is 0 Å². The molecule has 0 bridgehead atoms. The normalized spacial score (nSPS) is 8.67. The summed E-state index contributed by atoms with van der Waals surface area (Å²) in [4.78, 5) is 2.06. The summed E-state index contributed by atoms with van der Waals surface area (Å²) in [6.07, 6.45) is 0. The van der Waals surface area contributed by atoms with Gasteiger partial charge in [0, 0.05) is 36.6 Å². The van der Waals surface area contributed by atoms with Crippen molar-refractivity contribution in [3.8, 4) is 0 Å². The van der Waals surface area contributed by atoms with E-state index < -0.39 is 0 Å². The standard InChI is InChI=1S/C9H13N2.C6H7.Co/c1-10-8-6-4-5-7-9(8)11(2)3;1-6-4-2-3-5-6;/h4-7H,1-3H3;2-5H,1H3;/q2*-1;. The quantitative estimate of drug-likeness (QED) is 0.760. The van der Waals surface area contributed by atoms with Crippen LogP contribution in [0.15, 0.2) is 48.5 Å². The number of para-hydroxylation sites is 2. The second kappa shape index (κ2) is 8.72. The van der Waals surface area contributed by atoms with Gasteiger partial charge in [0.05, 0.1) is 0 Å². The SMILES string of the molecule is C[N-]c1ccccc1N(C)C.C[c-]1cccc1.[Co]. The zero-order valence-electron chi connectivity index (χ0n) is 11.3. The zero-order valence-corrected chi connectivity index (χ0v) is 12.4. The third-order valence-electron chi connectivity index (χ3n) is 2.43. The Balaban J connectivity index is 0.000000352. The number of rotatable bonds is 2. The molecule has 0 amide bonds. The minimum Gasteiger partial charge on any atom is -0.685 e. The van der Waals surface area contributed by atoms with Crippen molar-refractivity contribution >= 4 is 11.4 Å². The van der Waals surface area contributed by atoms with Crippen LogP contribution in [-0.2, 0) is 16.8 Å². The summed E-state index contributed by atoms with van der Waals surface area (Å²) in [5, 5.41) is 4.15. The molecule has 0 spiro atoms. The molecule has 0 atom stereocenters. The predicted molar refractivity (Wildman–Crippen MR) is 76.5 cm³/mol. The first-order valence-electron chi connectivity index (χ1n) is 5.69. The first-order chi connectivity index (χ1) is 8.15. The van der Waals surface area contributed by atoms with Crippen LogP contribution in [0.5, 0.6) is 0 Å². The Bertz CT molecular complexity index is 422. The van der Waals surface area contributed by atoms with Gasteiger partial charge in [-0.15, -0.1) is 12.7 Å². The molecule has 0 unspecified atom stereocenters. The first-order valence-corrected chi connectivity index (χ1v) is 5.69. The van der Waals surface area contributed by atoms with Crippen molar-refractivity contribution < 1.29 is 16.8 Å². The van der Waals surface area contributed by atoms with E-state index in [1.807, 2.05) is 51.5 Å². The summed E-state index contributed by atoms with van der Waals surface area (Å²) in [6, 6.07) is 16.3. The van der Waals surface area contributed by atoms with Gasteiger partial charge in [-0.3, -0.25) is 0 Å². The minimum atomic E-state index is 0. The maximum atomic E-state index is 4.15. The van der Waals surface area contributed by atoms with Crippen molar-refractivity contribution in [2.75, 3.05) is 26.0 Å². The molecule has 0 aromatic heterocycles. The van der Waals surface area contributed by atoms with E-state index in [1.165, 1.54) is 5.56 Å². The van der Waals surface area contributed by atoms with E-state index in [-0.39, 0.29) is 16.8 Å². The topological polar surface area (TPSA) is 17.3 Å². The molecule has 0 heterocycles. The largest absolute Gasteiger partial charge is 0.685 e. The van der Waals surface area contributed by atoms with Gasteiger partial charge in [-0.1, -0.05) is 25.1 Å². The third kappa shape index (κ3) is 5.34. The molecule has 0 aliphatic rings. The molecule has 2 rings (SSSR count). The summed E-state index contributed by atoms with van der Waals surface area (Å²) in [5.74, 6) is 0. The summed E-state index contributed by atoms with van der Waals surface area (Å²) in [7, 11) is 5.84. The summed E-state index contributed by atoms with van der Waals surface area (Å²) in [6.45, 7) is 2.08. The minimum absolute atomic E-state index is 0. The average molecular weight is 287 g/mol. The van der Waals surface area contributed by atoms with Crippen molar-refractivity contribution in [2.45, 2.75) is 6.92 Å². The monoisotopic (exact) mass is 287 g/mol. The molecule has 3 heteroatoms. The maximum absolute atomic E-state index is 4.15. The van der Waals surface area contributed by atoms with E-state index in [0.29, 0.717) is 0 Å².